The summed E-state index contributed by atoms with van der Waals surface area (Å²) in [5, 5.41) is 9.42. The van der Waals surface area contributed by atoms with Gasteiger partial charge in [0, 0.05) is 25.2 Å². The fourth-order valence-corrected chi connectivity index (χ4v) is 2.71. The van der Waals surface area contributed by atoms with Crippen molar-refractivity contribution in [3.8, 4) is 0 Å². The van der Waals surface area contributed by atoms with Crippen LogP contribution in [0.15, 0.2) is 39.9 Å². The second-order valence-electron chi connectivity index (χ2n) is 6.59. The van der Waals surface area contributed by atoms with Gasteiger partial charge in [0.25, 0.3) is 5.91 Å². The fourth-order valence-electron chi connectivity index (χ4n) is 2.71. The molecule has 2 rings (SSSR count). The first-order chi connectivity index (χ1) is 13.0. The summed E-state index contributed by atoms with van der Waals surface area (Å²) in [6, 6.07) is 8.20. The van der Waals surface area contributed by atoms with Gasteiger partial charge in [0.1, 0.15) is 0 Å². The Morgan fingerprint density at radius 1 is 1.04 bits per heavy atom. The lowest BCUT2D eigenvalue weighted by Gasteiger charge is -2.12. The van der Waals surface area contributed by atoms with Gasteiger partial charge in [0.15, 0.2) is 11.7 Å². The van der Waals surface area contributed by atoms with Gasteiger partial charge in [0.2, 0.25) is 0 Å². The van der Waals surface area contributed by atoms with Crippen molar-refractivity contribution in [3.05, 3.63) is 58.5 Å². The molecule has 7 heteroatoms. The summed E-state index contributed by atoms with van der Waals surface area (Å²) < 4.78 is 5.19. The van der Waals surface area contributed by atoms with E-state index >= 15 is 0 Å². The largest absolute Gasteiger partial charge is 0.459 e. The molecule has 0 spiro atoms. The van der Waals surface area contributed by atoms with E-state index < -0.39 is 0 Å². The van der Waals surface area contributed by atoms with E-state index in [9.17, 15) is 4.79 Å². The number of guanidine groups is 1. The molecule has 1 aromatic heterocycles. The number of halogens is 1. The second-order valence-corrected chi connectivity index (χ2v) is 6.59. The topological polar surface area (TPSA) is 78.7 Å². The van der Waals surface area contributed by atoms with Gasteiger partial charge >= 0.3 is 0 Å². The molecule has 1 aromatic carbocycles. The molecule has 0 saturated carbocycles. The molecule has 3 N–H and O–H groups in total. The molecule has 1 heterocycles. The van der Waals surface area contributed by atoms with Crippen LogP contribution >= 0.6 is 24.0 Å². The maximum absolute atomic E-state index is 12.0. The molecule has 0 aliphatic rings. The Morgan fingerprint density at radius 3 is 2.43 bits per heavy atom. The van der Waals surface area contributed by atoms with Crippen LogP contribution in [0.3, 0.4) is 0 Å². The number of carbonyl (C=O) groups excluding carboxylic acids is 1. The standard InChI is InChI=1S/C21H30N4O2.HI/c1-5-22-21(25-14-18-8-7-15(2)13-17(18)4)24-11-6-10-23-20(26)19-16(3)9-12-27-19;/h7-9,12-13H,5-6,10-11,14H2,1-4H3,(H,23,26)(H2,22,24,25);1H. The lowest BCUT2D eigenvalue weighted by molar-refractivity contribution is 0.0925. The Hall–Kier alpha value is -2.03. The Balaban J connectivity index is 0.00000392. The average molecular weight is 498 g/mol. The van der Waals surface area contributed by atoms with Crippen molar-refractivity contribution in [3.63, 3.8) is 0 Å². The number of nitrogens with one attached hydrogen (secondary N) is 3. The summed E-state index contributed by atoms with van der Waals surface area (Å²) in [4.78, 5) is 16.6. The number of furan rings is 1. The van der Waals surface area contributed by atoms with Gasteiger partial charge in [-0.15, -0.1) is 24.0 Å². The van der Waals surface area contributed by atoms with Crippen LogP contribution in [-0.4, -0.2) is 31.5 Å². The van der Waals surface area contributed by atoms with Crippen LogP contribution in [0.5, 0.6) is 0 Å². The van der Waals surface area contributed by atoms with Crippen LogP contribution in [0.4, 0.5) is 0 Å². The summed E-state index contributed by atoms with van der Waals surface area (Å²) in [7, 11) is 0. The van der Waals surface area contributed by atoms with E-state index in [0.717, 1.165) is 31.0 Å². The average Bonchev–Trinajstić information content (AvgIpc) is 3.06. The van der Waals surface area contributed by atoms with Gasteiger partial charge < -0.3 is 20.4 Å². The molecular weight excluding hydrogens is 467 g/mol. The Bertz CT molecular complexity index is 786. The van der Waals surface area contributed by atoms with Crippen molar-refractivity contribution >= 4 is 35.8 Å². The number of carbonyl (C=O) groups is 1. The van der Waals surface area contributed by atoms with E-state index in [2.05, 4.69) is 53.0 Å². The predicted octanol–water partition coefficient (Wildman–Crippen LogP) is 3.70. The van der Waals surface area contributed by atoms with Gasteiger partial charge in [-0.1, -0.05) is 23.8 Å². The quantitative estimate of drug-likeness (QED) is 0.225. The molecule has 0 aliphatic heterocycles. The summed E-state index contributed by atoms with van der Waals surface area (Å²) in [6.45, 7) is 10.8. The van der Waals surface area contributed by atoms with E-state index in [1.807, 2.05) is 13.8 Å². The highest BCUT2D eigenvalue weighted by Gasteiger charge is 2.11. The fraction of sp³-hybridized carbons (Fsp3) is 0.429. The van der Waals surface area contributed by atoms with Crippen molar-refractivity contribution in [2.24, 2.45) is 4.99 Å². The zero-order valence-electron chi connectivity index (χ0n) is 17.1. The third-order valence-corrected chi connectivity index (χ3v) is 4.25. The van der Waals surface area contributed by atoms with Crippen molar-refractivity contribution < 1.29 is 9.21 Å². The van der Waals surface area contributed by atoms with Crippen LogP contribution in [0, 0.1) is 20.8 Å². The molecule has 0 fully saturated rings. The molecular formula is C21H31IN4O2. The van der Waals surface area contributed by atoms with Crippen LogP contribution in [-0.2, 0) is 6.54 Å². The molecule has 0 atom stereocenters. The maximum atomic E-state index is 12.0. The first-order valence-electron chi connectivity index (χ1n) is 9.42. The number of amides is 1. The van der Waals surface area contributed by atoms with Gasteiger partial charge in [0.05, 0.1) is 12.8 Å². The number of rotatable bonds is 8. The third kappa shape index (κ3) is 7.53. The van der Waals surface area contributed by atoms with Gasteiger partial charge in [-0.3, -0.25) is 4.79 Å². The van der Waals surface area contributed by atoms with Crippen molar-refractivity contribution in [2.75, 3.05) is 19.6 Å². The third-order valence-electron chi connectivity index (χ3n) is 4.25. The van der Waals surface area contributed by atoms with E-state index in [1.165, 1.54) is 23.0 Å². The summed E-state index contributed by atoms with van der Waals surface area (Å²) in [5.74, 6) is 0.991. The highest BCUT2D eigenvalue weighted by Crippen LogP contribution is 2.11. The Labute approximate surface area is 184 Å². The van der Waals surface area contributed by atoms with E-state index in [0.29, 0.717) is 18.8 Å². The summed E-state index contributed by atoms with van der Waals surface area (Å²) >= 11 is 0. The van der Waals surface area contributed by atoms with Gasteiger partial charge in [-0.25, -0.2) is 4.99 Å². The highest BCUT2D eigenvalue weighted by atomic mass is 127. The minimum absolute atomic E-state index is 0. The number of hydrogen-bond donors (Lipinski definition) is 3. The molecule has 0 bridgehead atoms. The van der Waals surface area contributed by atoms with Crippen LogP contribution in [0.2, 0.25) is 0 Å². The smallest absolute Gasteiger partial charge is 0.287 e. The molecule has 28 heavy (non-hydrogen) atoms. The lowest BCUT2D eigenvalue weighted by Crippen LogP contribution is -2.38. The molecule has 1 amide bonds. The molecule has 0 unspecified atom stereocenters. The van der Waals surface area contributed by atoms with Crippen LogP contribution in [0.1, 0.15) is 46.2 Å². The summed E-state index contributed by atoms with van der Waals surface area (Å²) in [5.41, 5.74) is 4.58. The van der Waals surface area contributed by atoms with Crippen molar-refractivity contribution in [1.29, 1.82) is 0 Å². The molecule has 6 nitrogen and oxygen atoms in total. The molecule has 0 saturated heterocycles. The predicted molar refractivity (Wildman–Crippen MR) is 125 cm³/mol. The Morgan fingerprint density at radius 2 is 1.79 bits per heavy atom. The van der Waals surface area contributed by atoms with E-state index in [4.69, 9.17) is 4.42 Å². The van der Waals surface area contributed by atoms with Gasteiger partial charge in [-0.05, 0) is 51.3 Å². The maximum Gasteiger partial charge on any atom is 0.287 e. The minimum Gasteiger partial charge on any atom is -0.459 e. The molecule has 0 radical (unpaired) electrons. The van der Waals surface area contributed by atoms with Crippen LogP contribution in [0.25, 0.3) is 0 Å². The Kier molecular flexibility index (Phi) is 10.7. The lowest BCUT2D eigenvalue weighted by atomic mass is 10.1. The van der Waals surface area contributed by atoms with Gasteiger partial charge in [-0.2, -0.15) is 0 Å². The first-order valence-corrected chi connectivity index (χ1v) is 9.42. The van der Waals surface area contributed by atoms with E-state index in [-0.39, 0.29) is 29.9 Å². The first kappa shape index (κ1) is 24.0. The number of aliphatic imine (C=N–C) groups is 1. The second kappa shape index (κ2) is 12.4. The molecule has 0 aliphatic carbocycles. The molecule has 154 valence electrons. The van der Waals surface area contributed by atoms with Crippen molar-refractivity contribution in [2.45, 2.75) is 40.7 Å². The minimum atomic E-state index is -0.173. The molecule has 2 aromatic rings. The highest BCUT2D eigenvalue weighted by molar-refractivity contribution is 14.0. The number of hydrogen-bond acceptors (Lipinski definition) is 3. The normalized spacial score (nSPS) is 10.9. The zero-order valence-corrected chi connectivity index (χ0v) is 19.4. The van der Waals surface area contributed by atoms with E-state index in [1.54, 1.807) is 6.07 Å². The number of nitrogens with zero attached hydrogens (tertiary/aromatic N) is 1. The monoisotopic (exact) mass is 498 g/mol. The van der Waals surface area contributed by atoms with Crippen LogP contribution < -0.4 is 16.0 Å². The van der Waals surface area contributed by atoms with Crippen molar-refractivity contribution in [1.82, 2.24) is 16.0 Å². The summed E-state index contributed by atoms with van der Waals surface area (Å²) in [6.07, 6.45) is 2.32. The number of aryl methyl sites for hydroxylation is 3. The number of benzene rings is 1. The zero-order chi connectivity index (χ0) is 19.6. The SMILES string of the molecule is CCNC(=NCc1ccc(C)cc1C)NCCCNC(=O)c1occc1C.I.